The van der Waals surface area contributed by atoms with Crippen LogP contribution in [0.4, 0.5) is 26.3 Å². The third kappa shape index (κ3) is 6.25. The second kappa shape index (κ2) is 10.8. The lowest BCUT2D eigenvalue weighted by Crippen LogP contribution is -2.57. The highest BCUT2D eigenvalue weighted by Crippen LogP contribution is 2.41. The number of rotatable bonds is 6. The van der Waals surface area contributed by atoms with Crippen LogP contribution in [-0.4, -0.2) is 49.1 Å². The van der Waals surface area contributed by atoms with Crippen molar-refractivity contribution < 1.29 is 31.1 Å². The third-order valence-electron chi connectivity index (χ3n) is 7.76. The number of para-hydroxylation sites is 1. The molecule has 1 saturated carbocycles. The molecule has 1 unspecified atom stereocenters. The Morgan fingerprint density at radius 2 is 1.41 bits per heavy atom. The van der Waals surface area contributed by atoms with Gasteiger partial charge in [-0.05, 0) is 56.0 Å². The van der Waals surface area contributed by atoms with Crippen molar-refractivity contribution in [1.82, 2.24) is 9.80 Å². The Kier molecular flexibility index (Phi) is 8.14. The monoisotopic (exact) mass is 527 g/mol. The van der Waals surface area contributed by atoms with E-state index in [1.54, 1.807) is 24.3 Å². The first-order chi connectivity index (χ1) is 17.4. The smallest absolute Gasteiger partial charge is 0.416 e. The summed E-state index contributed by atoms with van der Waals surface area (Å²) in [5, 5.41) is 0. The van der Waals surface area contributed by atoms with Gasteiger partial charge in [-0.25, -0.2) is 0 Å². The van der Waals surface area contributed by atoms with Crippen molar-refractivity contribution >= 4 is 0 Å². The van der Waals surface area contributed by atoms with Gasteiger partial charge in [0.1, 0.15) is 5.75 Å². The van der Waals surface area contributed by atoms with Gasteiger partial charge < -0.3 is 4.74 Å². The van der Waals surface area contributed by atoms with E-state index in [1.807, 2.05) is 0 Å². The topological polar surface area (TPSA) is 15.7 Å². The Morgan fingerprint density at radius 1 is 0.838 bits per heavy atom. The number of benzene rings is 2. The fraction of sp³-hybridized carbons (Fsp3) is 0.536. The van der Waals surface area contributed by atoms with E-state index < -0.39 is 29.0 Å². The molecule has 3 nitrogen and oxygen atoms in total. The SMILES string of the molecule is [CH2]C(Cc1cc(C(F)(F)F)cc(C(F)(F)F)c1)(c1ccccc1OC)N1CCN(C2CCCCC2)CC1. The minimum absolute atomic E-state index is 0.0715. The number of methoxy groups -OCH3 is 1. The fourth-order valence-electron chi connectivity index (χ4n) is 5.83. The van der Waals surface area contributed by atoms with Crippen molar-refractivity contribution in [2.45, 2.75) is 62.5 Å². The Labute approximate surface area is 214 Å². The first kappa shape index (κ1) is 27.8. The molecule has 1 radical (unpaired) electrons. The van der Waals surface area contributed by atoms with Gasteiger partial charge in [0.05, 0.1) is 23.8 Å². The van der Waals surface area contributed by atoms with Crippen LogP contribution in [0.1, 0.15) is 54.4 Å². The standard InChI is InChI=1S/C28H33F6N2O/c1-26(24-10-6-7-11-25(24)37-2,36-14-12-35(13-15-36)23-8-4-3-5-9-23)19-20-16-21(27(29,30)31)18-22(17-20)28(32,33)34/h6-7,10-11,16-18,23H,1,3-5,8-9,12-15,19H2,2H3. The molecule has 1 atom stereocenters. The van der Waals surface area contributed by atoms with Gasteiger partial charge in [0.15, 0.2) is 0 Å². The highest BCUT2D eigenvalue weighted by atomic mass is 19.4. The van der Waals surface area contributed by atoms with Crippen LogP contribution in [-0.2, 0) is 24.3 Å². The zero-order valence-electron chi connectivity index (χ0n) is 21.0. The highest BCUT2D eigenvalue weighted by Gasteiger charge is 2.41. The van der Waals surface area contributed by atoms with Gasteiger partial charge in [0, 0.05) is 37.8 Å². The number of nitrogens with zero attached hydrogens (tertiary/aromatic N) is 2. The van der Waals surface area contributed by atoms with Crippen LogP contribution in [0.25, 0.3) is 0 Å². The number of halogens is 6. The summed E-state index contributed by atoms with van der Waals surface area (Å²) in [5.74, 6) is 0.496. The van der Waals surface area contributed by atoms with Gasteiger partial charge in [0.2, 0.25) is 0 Å². The van der Waals surface area contributed by atoms with Gasteiger partial charge in [-0.1, -0.05) is 37.5 Å². The molecule has 0 spiro atoms. The van der Waals surface area contributed by atoms with E-state index in [-0.39, 0.29) is 18.1 Å². The molecule has 9 heteroatoms. The maximum absolute atomic E-state index is 13.6. The summed E-state index contributed by atoms with van der Waals surface area (Å²) in [6, 6.07) is 9.39. The average Bonchev–Trinajstić information content (AvgIpc) is 2.88. The van der Waals surface area contributed by atoms with Gasteiger partial charge in [-0.2, -0.15) is 26.3 Å². The minimum atomic E-state index is -4.91. The molecule has 1 aliphatic carbocycles. The fourth-order valence-corrected chi connectivity index (χ4v) is 5.83. The highest BCUT2D eigenvalue weighted by molar-refractivity contribution is 5.43. The summed E-state index contributed by atoms with van der Waals surface area (Å²) < 4.78 is 87.0. The molecule has 2 aliphatic rings. The maximum Gasteiger partial charge on any atom is 0.416 e. The minimum Gasteiger partial charge on any atom is -0.496 e. The van der Waals surface area contributed by atoms with E-state index in [4.69, 9.17) is 4.74 Å². The van der Waals surface area contributed by atoms with Gasteiger partial charge >= 0.3 is 12.4 Å². The molecule has 1 aliphatic heterocycles. The quantitative estimate of drug-likeness (QED) is 0.378. The lowest BCUT2D eigenvalue weighted by molar-refractivity contribution is -0.143. The van der Waals surface area contributed by atoms with Crippen LogP contribution in [0.5, 0.6) is 5.75 Å². The van der Waals surface area contributed by atoms with Crippen LogP contribution in [0, 0.1) is 6.92 Å². The third-order valence-corrected chi connectivity index (χ3v) is 7.76. The predicted octanol–water partition coefficient (Wildman–Crippen LogP) is 6.96. The molecule has 2 aromatic rings. The summed E-state index contributed by atoms with van der Waals surface area (Å²) in [6.07, 6.45) is -3.96. The largest absolute Gasteiger partial charge is 0.496 e. The van der Waals surface area contributed by atoms with E-state index in [2.05, 4.69) is 16.7 Å². The van der Waals surface area contributed by atoms with Crippen LogP contribution < -0.4 is 4.74 Å². The molecule has 1 saturated heterocycles. The normalized spacial score (nSPS) is 20.5. The molecule has 2 fully saturated rings. The van der Waals surface area contributed by atoms with E-state index >= 15 is 0 Å². The molecule has 203 valence electrons. The second-order valence-electron chi connectivity index (χ2n) is 10.1. The van der Waals surface area contributed by atoms with Gasteiger partial charge in [0.25, 0.3) is 0 Å². The van der Waals surface area contributed by atoms with Crippen molar-refractivity contribution in [2.24, 2.45) is 0 Å². The average molecular weight is 528 g/mol. The summed E-state index contributed by atoms with van der Waals surface area (Å²) in [4.78, 5) is 4.54. The molecule has 0 aromatic heterocycles. The molecular weight excluding hydrogens is 494 g/mol. The molecule has 37 heavy (non-hydrogen) atoms. The second-order valence-corrected chi connectivity index (χ2v) is 10.1. The maximum atomic E-state index is 13.6. The number of hydrogen-bond acceptors (Lipinski definition) is 3. The van der Waals surface area contributed by atoms with Crippen molar-refractivity contribution in [2.75, 3.05) is 33.3 Å². The summed E-state index contributed by atoms with van der Waals surface area (Å²) in [7, 11) is 1.49. The Balaban J connectivity index is 1.70. The van der Waals surface area contributed by atoms with Crippen LogP contribution in [0.15, 0.2) is 42.5 Å². The van der Waals surface area contributed by atoms with Gasteiger partial charge in [-0.3, -0.25) is 9.80 Å². The van der Waals surface area contributed by atoms with Crippen LogP contribution in [0.3, 0.4) is 0 Å². The first-order valence-electron chi connectivity index (χ1n) is 12.7. The number of hydrogen-bond donors (Lipinski definition) is 0. The number of ether oxygens (including phenoxy) is 1. The molecule has 0 amide bonds. The Hall–Kier alpha value is -2.26. The summed E-state index contributed by atoms with van der Waals surface area (Å²) >= 11 is 0. The molecule has 2 aromatic carbocycles. The first-order valence-corrected chi connectivity index (χ1v) is 12.7. The van der Waals surface area contributed by atoms with Gasteiger partial charge in [-0.15, -0.1) is 0 Å². The number of piperazine rings is 1. The van der Waals surface area contributed by atoms with E-state index in [1.165, 1.54) is 26.4 Å². The lowest BCUT2D eigenvalue weighted by atomic mass is 9.81. The zero-order valence-corrected chi connectivity index (χ0v) is 21.0. The Bertz CT molecular complexity index is 1020. The van der Waals surface area contributed by atoms with Crippen molar-refractivity contribution in [3.63, 3.8) is 0 Å². The lowest BCUT2D eigenvalue weighted by Gasteiger charge is -2.48. The molecule has 4 rings (SSSR count). The van der Waals surface area contributed by atoms with E-state index in [0.717, 1.165) is 38.1 Å². The van der Waals surface area contributed by atoms with Crippen LogP contribution in [0.2, 0.25) is 0 Å². The summed E-state index contributed by atoms with van der Waals surface area (Å²) in [6.45, 7) is 7.20. The number of alkyl halides is 6. The molecule has 1 heterocycles. The summed E-state index contributed by atoms with van der Waals surface area (Å²) in [5.41, 5.74) is -3.20. The van der Waals surface area contributed by atoms with Crippen molar-refractivity contribution in [3.05, 3.63) is 71.6 Å². The molecule has 0 N–H and O–H groups in total. The van der Waals surface area contributed by atoms with Crippen molar-refractivity contribution in [3.8, 4) is 5.75 Å². The van der Waals surface area contributed by atoms with E-state index in [0.29, 0.717) is 30.4 Å². The molecule has 0 bridgehead atoms. The van der Waals surface area contributed by atoms with Crippen LogP contribution >= 0.6 is 0 Å². The van der Waals surface area contributed by atoms with Crippen molar-refractivity contribution in [1.29, 1.82) is 0 Å². The Morgan fingerprint density at radius 3 is 1.95 bits per heavy atom. The zero-order chi connectivity index (χ0) is 26.8. The van der Waals surface area contributed by atoms with E-state index in [9.17, 15) is 26.3 Å². The molecular formula is C28H33F6N2O. The predicted molar refractivity (Wildman–Crippen MR) is 130 cm³/mol.